The van der Waals surface area contributed by atoms with E-state index in [0.29, 0.717) is 16.4 Å². The molecule has 2 atom stereocenters. The lowest BCUT2D eigenvalue weighted by molar-refractivity contribution is -0.00572. The van der Waals surface area contributed by atoms with Crippen LogP contribution < -0.4 is 10.6 Å². The van der Waals surface area contributed by atoms with E-state index in [2.05, 4.69) is 30.8 Å². The van der Waals surface area contributed by atoms with E-state index < -0.39 is 0 Å². The van der Waals surface area contributed by atoms with Crippen LogP contribution in [0.5, 0.6) is 0 Å². The molecule has 0 amide bonds. The van der Waals surface area contributed by atoms with Gasteiger partial charge in [0, 0.05) is 19.2 Å². The second-order valence-corrected chi connectivity index (χ2v) is 4.89. The molecule has 88 valence electrons. The van der Waals surface area contributed by atoms with Gasteiger partial charge in [-0.1, -0.05) is 0 Å². The molecule has 0 radical (unpaired) electrons. The van der Waals surface area contributed by atoms with Gasteiger partial charge in [0.05, 0.1) is 12.2 Å². The standard InChI is InChI=1S/C10H15BrN4O/c1-6-4-15(5-7(2)16-6)10-13-8(11)3-9(12)14-10/h3,6-7H,4-5H2,1-2H3,(H2,12,13,14). The molecule has 1 aliphatic heterocycles. The Morgan fingerprint density at radius 3 is 2.56 bits per heavy atom. The number of nitrogens with zero attached hydrogens (tertiary/aromatic N) is 3. The summed E-state index contributed by atoms with van der Waals surface area (Å²) in [6, 6.07) is 1.69. The second kappa shape index (κ2) is 4.55. The monoisotopic (exact) mass is 286 g/mol. The normalized spacial score (nSPS) is 25.8. The molecule has 0 aromatic carbocycles. The van der Waals surface area contributed by atoms with Gasteiger partial charge in [-0.3, -0.25) is 0 Å². The molecule has 1 aromatic rings. The van der Waals surface area contributed by atoms with E-state index in [4.69, 9.17) is 10.5 Å². The minimum Gasteiger partial charge on any atom is -0.383 e. The van der Waals surface area contributed by atoms with Crippen molar-refractivity contribution in [2.24, 2.45) is 0 Å². The van der Waals surface area contributed by atoms with Gasteiger partial charge in [0.15, 0.2) is 0 Å². The number of nitrogens with two attached hydrogens (primary N) is 1. The molecule has 6 heteroatoms. The summed E-state index contributed by atoms with van der Waals surface area (Å²) in [5, 5.41) is 0. The zero-order valence-electron chi connectivity index (χ0n) is 9.35. The lowest BCUT2D eigenvalue weighted by Crippen LogP contribution is -2.46. The van der Waals surface area contributed by atoms with Crippen molar-refractivity contribution in [2.45, 2.75) is 26.1 Å². The largest absolute Gasteiger partial charge is 0.383 e. The van der Waals surface area contributed by atoms with Crippen LogP contribution in [0.25, 0.3) is 0 Å². The Bertz CT molecular complexity index is 357. The van der Waals surface area contributed by atoms with Gasteiger partial charge >= 0.3 is 0 Å². The van der Waals surface area contributed by atoms with Crippen LogP contribution in [-0.4, -0.2) is 35.3 Å². The summed E-state index contributed by atoms with van der Waals surface area (Å²) in [5.41, 5.74) is 5.70. The molecule has 0 saturated carbocycles. The highest BCUT2D eigenvalue weighted by Gasteiger charge is 2.24. The van der Waals surface area contributed by atoms with Gasteiger partial charge in [-0.2, -0.15) is 4.98 Å². The number of aromatic nitrogens is 2. The summed E-state index contributed by atoms with van der Waals surface area (Å²) >= 11 is 3.32. The van der Waals surface area contributed by atoms with E-state index in [1.54, 1.807) is 6.07 Å². The van der Waals surface area contributed by atoms with E-state index >= 15 is 0 Å². The quantitative estimate of drug-likeness (QED) is 0.792. The number of morpholine rings is 1. The van der Waals surface area contributed by atoms with Crippen molar-refractivity contribution in [3.05, 3.63) is 10.7 Å². The molecule has 0 spiro atoms. The molecule has 0 bridgehead atoms. The van der Waals surface area contributed by atoms with Crippen molar-refractivity contribution in [3.8, 4) is 0 Å². The maximum absolute atomic E-state index is 5.70. The van der Waals surface area contributed by atoms with Crippen molar-refractivity contribution in [1.82, 2.24) is 9.97 Å². The third-order valence-electron chi connectivity index (χ3n) is 2.41. The Balaban J connectivity index is 2.22. The Kier molecular flexibility index (Phi) is 3.30. The zero-order chi connectivity index (χ0) is 11.7. The maximum atomic E-state index is 5.70. The number of anilines is 2. The maximum Gasteiger partial charge on any atom is 0.228 e. The highest BCUT2D eigenvalue weighted by atomic mass is 79.9. The van der Waals surface area contributed by atoms with Gasteiger partial charge in [-0.15, -0.1) is 0 Å². The molecule has 1 fully saturated rings. The molecule has 2 N–H and O–H groups in total. The van der Waals surface area contributed by atoms with Crippen LogP contribution in [0.15, 0.2) is 10.7 Å². The highest BCUT2D eigenvalue weighted by molar-refractivity contribution is 9.10. The minimum atomic E-state index is 0.188. The number of rotatable bonds is 1. The Hall–Kier alpha value is -0.880. The Morgan fingerprint density at radius 1 is 1.38 bits per heavy atom. The summed E-state index contributed by atoms with van der Waals surface area (Å²) in [6.07, 6.45) is 0.375. The highest BCUT2D eigenvalue weighted by Crippen LogP contribution is 2.20. The Morgan fingerprint density at radius 2 is 2.00 bits per heavy atom. The summed E-state index contributed by atoms with van der Waals surface area (Å²) in [4.78, 5) is 10.7. The smallest absolute Gasteiger partial charge is 0.228 e. The first-order valence-corrected chi connectivity index (χ1v) is 6.04. The zero-order valence-corrected chi connectivity index (χ0v) is 10.9. The molecule has 1 aliphatic rings. The molecule has 5 nitrogen and oxygen atoms in total. The van der Waals surface area contributed by atoms with Gasteiger partial charge in [0.25, 0.3) is 0 Å². The number of nitrogen functional groups attached to an aromatic ring is 1. The second-order valence-electron chi connectivity index (χ2n) is 4.08. The number of hydrogen-bond donors (Lipinski definition) is 1. The molecule has 0 aliphatic carbocycles. The van der Waals surface area contributed by atoms with Crippen LogP contribution in [0.1, 0.15) is 13.8 Å². The van der Waals surface area contributed by atoms with E-state index in [9.17, 15) is 0 Å². The number of halogens is 1. The SMILES string of the molecule is CC1CN(c2nc(N)cc(Br)n2)CC(C)O1. The molecule has 2 heterocycles. The van der Waals surface area contributed by atoms with Crippen LogP contribution >= 0.6 is 15.9 Å². The van der Waals surface area contributed by atoms with Gasteiger partial charge < -0.3 is 15.4 Å². The predicted octanol–water partition coefficient (Wildman–Crippen LogP) is 1.43. The first kappa shape index (κ1) is 11.6. The number of hydrogen-bond acceptors (Lipinski definition) is 5. The number of ether oxygens (including phenoxy) is 1. The van der Waals surface area contributed by atoms with E-state index in [-0.39, 0.29) is 12.2 Å². The van der Waals surface area contributed by atoms with Gasteiger partial charge in [-0.25, -0.2) is 4.98 Å². The lowest BCUT2D eigenvalue weighted by atomic mass is 10.2. The molecule has 16 heavy (non-hydrogen) atoms. The molecular formula is C10H15BrN4O. The average Bonchev–Trinajstić information content (AvgIpc) is 2.14. The third kappa shape index (κ3) is 2.62. The summed E-state index contributed by atoms with van der Waals surface area (Å²) in [5.74, 6) is 1.14. The third-order valence-corrected chi connectivity index (χ3v) is 2.81. The van der Waals surface area contributed by atoms with Crippen LogP contribution in [0, 0.1) is 0 Å². The summed E-state index contributed by atoms with van der Waals surface area (Å²) < 4.78 is 6.37. The predicted molar refractivity (Wildman–Crippen MR) is 66.4 cm³/mol. The molecule has 2 unspecified atom stereocenters. The first-order chi connectivity index (χ1) is 7.54. The van der Waals surface area contributed by atoms with Crippen molar-refractivity contribution in [2.75, 3.05) is 23.7 Å². The lowest BCUT2D eigenvalue weighted by Gasteiger charge is -2.35. The van der Waals surface area contributed by atoms with Gasteiger partial charge in [0.2, 0.25) is 5.95 Å². The summed E-state index contributed by atoms with van der Waals surface area (Å²) in [7, 11) is 0. The van der Waals surface area contributed by atoms with E-state index in [0.717, 1.165) is 13.1 Å². The summed E-state index contributed by atoms with van der Waals surface area (Å²) in [6.45, 7) is 5.68. The first-order valence-electron chi connectivity index (χ1n) is 5.25. The molecule has 1 saturated heterocycles. The van der Waals surface area contributed by atoms with Gasteiger partial charge in [0.1, 0.15) is 10.4 Å². The molecular weight excluding hydrogens is 272 g/mol. The van der Waals surface area contributed by atoms with Crippen LogP contribution in [0.4, 0.5) is 11.8 Å². The fourth-order valence-electron chi connectivity index (χ4n) is 1.91. The van der Waals surface area contributed by atoms with Crippen LogP contribution in [0.2, 0.25) is 0 Å². The van der Waals surface area contributed by atoms with Crippen LogP contribution in [-0.2, 0) is 4.74 Å². The minimum absolute atomic E-state index is 0.188. The molecule has 2 rings (SSSR count). The fourth-order valence-corrected chi connectivity index (χ4v) is 2.30. The van der Waals surface area contributed by atoms with Crippen LogP contribution in [0.3, 0.4) is 0 Å². The average molecular weight is 287 g/mol. The van der Waals surface area contributed by atoms with E-state index in [1.165, 1.54) is 0 Å². The van der Waals surface area contributed by atoms with Gasteiger partial charge in [-0.05, 0) is 29.8 Å². The van der Waals surface area contributed by atoms with Crippen molar-refractivity contribution >= 4 is 27.7 Å². The molecule has 1 aromatic heterocycles. The van der Waals surface area contributed by atoms with E-state index in [1.807, 2.05) is 13.8 Å². The Labute approximate surface area is 103 Å². The van der Waals surface area contributed by atoms with Crippen molar-refractivity contribution in [3.63, 3.8) is 0 Å². The van der Waals surface area contributed by atoms with Crippen molar-refractivity contribution < 1.29 is 4.74 Å². The topological polar surface area (TPSA) is 64.3 Å². The van der Waals surface area contributed by atoms with Crippen molar-refractivity contribution in [1.29, 1.82) is 0 Å². The fraction of sp³-hybridized carbons (Fsp3) is 0.600.